The summed E-state index contributed by atoms with van der Waals surface area (Å²) in [6.45, 7) is 5.41. The molecular formula is C22H28N4O4S2. The van der Waals surface area contributed by atoms with Gasteiger partial charge in [0.2, 0.25) is 15.9 Å². The van der Waals surface area contributed by atoms with Gasteiger partial charge in [-0.1, -0.05) is 38.1 Å². The standard InChI is InChI=1S/C22H26N4O4S.H2S/c1-15(2)16-4-6-17(7-5-16)19-12-20-21(24-9-8-23-20)22(25-19)30-14-18-13-26(10-11-29-18)31(3,27)28;/h4-9,12,15,18H,10-11,13-14H2,1-3H3;1H2/t18-;/m0./s1. The highest BCUT2D eigenvalue weighted by atomic mass is 32.2. The molecule has 32 heavy (non-hydrogen) atoms. The molecule has 172 valence electrons. The lowest BCUT2D eigenvalue weighted by atomic mass is 10.0. The number of sulfonamides is 1. The molecule has 1 fully saturated rings. The van der Waals surface area contributed by atoms with E-state index in [1.54, 1.807) is 12.4 Å². The Morgan fingerprint density at radius 3 is 2.59 bits per heavy atom. The molecule has 1 aliphatic heterocycles. The van der Waals surface area contributed by atoms with Crippen molar-refractivity contribution in [3.8, 4) is 17.1 Å². The summed E-state index contributed by atoms with van der Waals surface area (Å²) in [5, 5.41) is 0. The maximum absolute atomic E-state index is 11.8. The van der Waals surface area contributed by atoms with Crippen molar-refractivity contribution < 1.29 is 17.9 Å². The predicted molar refractivity (Wildman–Crippen MR) is 129 cm³/mol. The van der Waals surface area contributed by atoms with E-state index in [0.29, 0.717) is 36.0 Å². The molecule has 0 saturated carbocycles. The molecule has 1 aliphatic rings. The zero-order valence-electron chi connectivity index (χ0n) is 18.4. The lowest BCUT2D eigenvalue weighted by molar-refractivity contribution is -0.0252. The second-order valence-electron chi connectivity index (χ2n) is 7.94. The van der Waals surface area contributed by atoms with E-state index in [-0.39, 0.29) is 32.8 Å². The Morgan fingerprint density at radius 2 is 1.91 bits per heavy atom. The zero-order chi connectivity index (χ0) is 22.0. The van der Waals surface area contributed by atoms with Gasteiger partial charge in [-0.2, -0.15) is 17.8 Å². The summed E-state index contributed by atoms with van der Waals surface area (Å²) in [6, 6.07) is 10.2. The smallest absolute Gasteiger partial charge is 0.242 e. The number of ether oxygens (including phenoxy) is 2. The number of pyridine rings is 1. The first-order valence-corrected chi connectivity index (χ1v) is 12.1. The van der Waals surface area contributed by atoms with Crippen molar-refractivity contribution in [1.29, 1.82) is 0 Å². The number of hydrogen-bond donors (Lipinski definition) is 0. The summed E-state index contributed by atoms with van der Waals surface area (Å²) in [5.74, 6) is 0.805. The largest absolute Gasteiger partial charge is 0.473 e. The van der Waals surface area contributed by atoms with Crippen molar-refractivity contribution >= 4 is 34.6 Å². The van der Waals surface area contributed by atoms with Crippen molar-refractivity contribution in [3.05, 3.63) is 48.3 Å². The zero-order valence-corrected chi connectivity index (χ0v) is 20.2. The fourth-order valence-corrected chi connectivity index (χ4v) is 4.34. The minimum Gasteiger partial charge on any atom is -0.473 e. The Hall–Kier alpha value is -2.27. The van der Waals surface area contributed by atoms with Crippen molar-refractivity contribution in [2.45, 2.75) is 25.9 Å². The molecule has 4 rings (SSSR count). The molecular weight excluding hydrogens is 448 g/mol. The van der Waals surface area contributed by atoms with Gasteiger partial charge in [-0.25, -0.2) is 18.4 Å². The van der Waals surface area contributed by atoms with Gasteiger partial charge in [-0.15, -0.1) is 0 Å². The summed E-state index contributed by atoms with van der Waals surface area (Å²) < 4.78 is 36.8. The highest BCUT2D eigenvalue weighted by Gasteiger charge is 2.27. The van der Waals surface area contributed by atoms with E-state index >= 15 is 0 Å². The second-order valence-corrected chi connectivity index (χ2v) is 9.92. The Balaban J connectivity index is 0.00000289. The lowest BCUT2D eigenvalue weighted by Crippen LogP contribution is -2.47. The first kappa shape index (κ1) is 24.4. The van der Waals surface area contributed by atoms with E-state index < -0.39 is 10.0 Å². The molecule has 0 aliphatic carbocycles. The van der Waals surface area contributed by atoms with Crippen LogP contribution < -0.4 is 4.74 Å². The minimum atomic E-state index is -3.27. The van der Waals surface area contributed by atoms with Gasteiger partial charge in [0.05, 0.1) is 24.1 Å². The number of aromatic nitrogens is 3. The van der Waals surface area contributed by atoms with E-state index in [1.165, 1.54) is 16.1 Å². The molecule has 0 radical (unpaired) electrons. The summed E-state index contributed by atoms with van der Waals surface area (Å²) in [5.41, 5.74) is 4.18. The van der Waals surface area contributed by atoms with Gasteiger partial charge < -0.3 is 9.47 Å². The average Bonchev–Trinajstić information content (AvgIpc) is 2.77. The van der Waals surface area contributed by atoms with Gasteiger partial charge >= 0.3 is 0 Å². The van der Waals surface area contributed by atoms with Crippen LogP contribution in [0.1, 0.15) is 25.3 Å². The monoisotopic (exact) mass is 476 g/mol. The molecule has 1 saturated heterocycles. The quantitative estimate of drug-likeness (QED) is 0.540. The van der Waals surface area contributed by atoms with Gasteiger partial charge in [-0.05, 0) is 17.5 Å². The third kappa shape index (κ3) is 5.55. The molecule has 3 aromatic rings. The van der Waals surface area contributed by atoms with E-state index in [2.05, 4.69) is 40.9 Å². The van der Waals surface area contributed by atoms with Crippen LogP contribution in [0.5, 0.6) is 5.88 Å². The average molecular weight is 477 g/mol. The van der Waals surface area contributed by atoms with E-state index in [1.807, 2.05) is 18.2 Å². The molecule has 1 atom stereocenters. The van der Waals surface area contributed by atoms with Crippen LogP contribution in [0.3, 0.4) is 0 Å². The Morgan fingerprint density at radius 1 is 1.19 bits per heavy atom. The molecule has 8 nitrogen and oxygen atoms in total. The van der Waals surface area contributed by atoms with E-state index in [0.717, 1.165) is 11.3 Å². The van der Waals surface area contributed by atoms with Gasteiger partial charge in [-0.3, -0.25) is 4.98 Å². The van der Waals surface area contributed by atoms with Crippen molar-refractivity contribution in [1.82, 2.24) is 19.3 Å². The summed E-state index contributed by atoms with van der Waals surface area (Å²) in [7, 11) is -3.27. The third-order valence-electron chi connectivity index (χ3n) is 5.27. The van der Waals surface area contributed by atoms with Crippen molar-refractivity contribution in [2.75, 3.05) is 32.6 Å². The summed E-state index contributed by atoms with van der Waals surface area (Å²) in [4.78, 5) is 13.5. The minimum absolute atomic E-state index is 0. The van der Waals surface area contributed by atoms with Gasteiger partial charge in [0.25, 0.3) is 0 Å². The first-order valence-electron chi connectivity index (χ1n) is 10.2. The first-order chi connectivity index (χ1) is 14.8. The van der Waals surface area contributed by atoms with Crippen LogP contribution in [0.15, 0.2) is 42.7 Å². The number of rotatable bonds is 6. The molecule has 10 heteroatoms. The SMILES string of the molecule is CC(C)c1ccc(-c2cc3nccnc3c(OC[C@@H]3CN(S(C)(=O)=O)CCO3)n2)cc1.S. The highest BCUT2D eigenvalue weighted by molar-refractivity contribution is 7.88. The summed E-state index contributed by atoms with van der Waals surface area (Å²) in [6.07, 6.45) is 4.04. The molecule has 0 spiro atoms. The van der Waals surface area contributed by atoms with Crippen LogP contribution in [0, 0.1) is 0 Å². The highest BCUT2D eigenvalue weighted by Crippen LogP contribution is 2.28. The van der Waals surface area contributed by atoms with Crippen LogP contribution in [0.25, 0.3) is 22.3 Å². The summed E-state index contributed by atoms with van der Waals surface area (Å²) >= 11 is 0. The van der Waals surface area contributed by atoms with Crippen LogP contribution in [-0.2, 0) is 14.8 Å². The number of morpholine rings is 1. The Bertz CT molecular complexity index is 1170. The Kier molecular flexibility index (Phi) is 7.71. The fourth-order valence-electron chi connectivity index (χ4n) is 3.50. The molecule has 0 bridgehead atoms. The molecule has 0 amide bonds. The van der Waals surface area contributed by atoms with Gasteiger partial charge in [0.15, 0.2) is 5.52 Å². The number of hydrogen-bond acceptors (Lipinski definition) is 7. The second kappa shape index (κ2) is 10.1. The number of fused-ring (bicyclic) bond motifs is 1. The predicted octanol–water partition coefficient (Wildman–Crippen LogP) is 2.97. The molecule has 1 aromatic carbocycles. The van der Waals surface area contributed by atoms with Crippen molar-refractivity contribution in [2.24, 2.45) is 0 Å². The number of nitrogens with zero attached hydrogens (tertiary/aromatic N) is 4. The molecule has 3 heterocycles. The van der Waals surface area contributed by atoms with Crippen LogP contribution in [0.2, 0.25) is 0 Å². The van der Waals surface area contributed by atoms with Crippen molar-refractivity contribution in [3.63, 3.8) is 0 Å². The third-order valence-corrected chi connectivity index (χ3v) is 6.54. The van der Waals surface area contributed by atoms with Crippen LogP contribution in [0.4, 0.5) is 0 Å². The van der Waals surface area contributed by atoms with Crippen LogP contribution in [-0.4, -0.2) is 66.3 Å². The Labute approximate surface area is 195 Å². The van der Waals surface area contributed by atoms with Gasteiger partial charge in [0.1, 0.15) is 12.7 Å². The fraction of sp³-hybridized carbons (Fsp3) is 0.409. The topological polar surface area (TPSA) is 94.5 Å². The lowest BCUT2D eigenvalue weighted by Gasteiger charge is -2.30. The van der Waals surface area contributed by atoms with E-state index in [4.69, 9.17) is 9.47 Å². The van der Waals surface area contributed by atoms with Gasteiger partial charge in [0, 0.05) is 31.0 Å². The van der Waals surface area contributed by atoms with E-state index in [9.17, 15) is 8.42 Å². The molecule has 0 N–H and O–H groups in total. The number of benzene rings is 1. The normalized spacial score (nSPS) is 17.3. The molecule has 2 aromatic heterocycles. The maximum atomic E-state index is 11.8. The maximum Gasteiger partial charge on any atom is 0.242 e. The van der Waals surface area contributed by atoms with Crippen LogP contribution >= 0.6 is 13.5 Å². The molecule has 0 unspecified atom stereocenters.